The van der Waals surface area contributed by atoms with Crippen LogP contribution in [-0.2, 0) is 64.0 Å². The fourth-order valence-electron chi connectivity index (χ4n) is 15.3. The first kappa shape index (κ1) is 116. The first-order chi connectivity index (χ1) is 70.8. The topological polar surface area (TPSA) is 655 Å². The lowest BCUT2D eigenvalue weighted by Gasteiger charge is -2.12. The first-order valence-corrected chi connectivity index (χ1v) is 47.7. The number of Topliss-reactive ketones (excluding diaryl/α,β-unsaturated/α-hetero) is 2. The van der Waals surface area contributed by atoms with Crippen molar-refractivity contribution in [3.8, 4) is 34.4 Å². The van der Waals surface area contributed by atoms with E-state index in [2.05, 4.69) is 108 Å². The monoisotopic (exact) mass is 2090 g/mol. The largest absolute Gasteiger partial charge is 0.481 e. The molecule has 0 bridgehead atoms. The molecule has 9 aliphatic carbocycles. The van der Waals surface area contributed by atoms with Crippen molar-refractivity contribution >= 4 is 128 Å². The standard InChI is InChI=1S/C18H20N4O2.C15H17N3O3S.C14H14N4O3.C14H16N4O.C11H10N2O3.C11H9NO4.C11H10O2.C7H5ClO.C4H6O2.CH4.H4N2.H2O/c1-10(2)19-18-22-21-17(24-18)13-6-3-11-7-8-15(14(11)9-13)20-16(23)12-4-5-12;1-9(2)17-15(22)16-8-14(19)11-4-3-10-5-6-13(18(20)21)12(10)7-11;1-8(2)15-14-17-16-13(21-14)10-4-3-9-5-6-12(18(19)20)11(9)7-10;1-8(2)16-14-18-17-13(19-14)10-4-3-9-5-6-12(15)11(9)7-10;12-6-11(14)8-2-1-7-3-4-10(13(15)16)9(7)5-8;1-16-11(13)8-3-2-7-4-5-10(12(14)15)9(7)6-8;1-13-11(12)10-6-5-8-3-2-4-9(8)7-10;8-7(9)6-4-2-1-3-5-6;5-4(6)3-1-2-3;;1-2;/h3,6,8-10,12H,4-5,7H2,1-2H3,(H,19,22)(H,20,23);3-4,6-7,9H,5,8H2,1-2H3,(H2,16,17,22);3-4,6-8H,5H2,1-2H3,(H,15,17);3-4,6-8H,5,15H2,1-2H3,(H,16,18);1-2,4-5H,3,6,12H2;2-3,5-6H,4H2,1H3;2,4-7H,3H2,1H3;1-5H;3H,1-2H2,(H,5,6);1H4;1-2H2;1H2. The number of nitro groups is 4. The molecule has 0 unspecified atom stereocenters. The van der Waals surface area contributed by atoms with Crippen LogP contribution in [0.3, 0.4) is 0 Å². The van der Waals surface area contributed by atoms with Gasteiger partial charge in [-0.25, -0.2) is 9.59 Å². The van der Waals surface area contributed by atoms with Gasteiger partial charge in [0.25, 0.3) is 28.0 Å². The number of hydrazine groups is 1. The summed E-state index contributed by atoms with van der Waals surface area (Å²) in [6.45, 7) is 15.9. The smallest absolute Gasteiger partial charge is 0.337 e. The number of aliphatic carboxylic acids is 1. The number of allylic oxidation sites excluding steroid dienone is 7. The molecule has 44 heteroatoms. The molecule has 786 valence electrons. The summed E-state index contributed by atoms with van der Waals surface area (Å²) in [5.74, 6) is 7.89. The van der Waals surface area contributed by atoms with E-state index < -0.39 is 32.0 Å². The number of hydrogen-bond acceptors (Lipinski definition) is 34. The number of methoxy groups -OCH3 is 2. The van der Waals surface area contributed by atoms with Gasteiger partial charge in [0.05, 0.1) is 86.3 Å². The van der Waals surface area contributed by atoms with E-state index >= 15 is 0 Å². The summed E-state index contributed by atoms with van der Waals surface area (Å²) in [6.07, 6.45) is 23.2. The maximum absolute atomic E-state index is 12.2. The van der Waals surface area contributed by atoms with Crippen molar-refractivity contribution in [3.05, 3.63) is 346 Å². The summed E-state index contributed by atoms with van der Waals surface area (Å²) < 4.78 is 26.0. The molecular weight excluding hydrogens is 1970 g/mol. The summed E-state index contributed by atoms with van der Waals surface area (Å²) in [5, 5.41) is 93.6. The van der Waals surface area contributed by atoms with Crippen LogP contribution in [0.1, 0.15) is 218 Å². The molecule has 0 saturated heterocycles. The molecule has 3 heterocycles. The Morgan fingerprint density at radius 1 is 0.453 bits per heavy atom. The number of thiocarbonyl (C=S) groups is 1. The van der Waals surface area contributed by atoms with E-state index in [0.29, 0.717) is 122 Å². The van der Waals surface area contributed by atoms with Gasteiger partial charge < -0.3 is 76.7 Å². The predicted molar refractivity (Wildman–Crippen MR) is 572 cm³/mol. The molecule has 20 rings (SSSR count). The van der Waals surface area contributed by atoms with E-state index in [-0.39, 0.29) is 113 Å². The molecule has 8 aromatic carbocycles. The fraction of sp³-hybridized carbons (Fsp3) is 0.283. The molecule has 11 aromatic rings. The molecule has 150 heavy (non-hydrogen) atoms. The van der Waals surface area contributed by atoms with Gasteiger partial charge in [-0.1, -0.05) is 132 Å². The molecule has 0 radical (unpaired) electrons. The number of carbonyl (C=O) groups is 7. The molecule has 0 spiro atoms. The van der Waals surface area contributed by atoms with Crippen molar-refractivity contribution in [3.63, 3.8) is 0 Å². The number of nitrogens with two attached hydrogens (primary N) is 4. The molecule has 0 aliphatic heterocycles. The Hall–Kier alpha value is -17.1. The lowest BCUT2D eigenvalue weighted by atomic mass is 10.0. The Morgan fingerprint density at radius 2 is 0.813 bits per heavy atom. The van der Waals surface area contributed by atoms with Crippen LogP contribution in [-0.4, -0.2) is 158 Å². The second-order valence-corrected chi connectivity index (χ2v) is 36.1. The van der Waals surface area contributed by atoms with E-state index in [0.717, 1.165) is 106 Å². The van der Waals surface area contributed by atoms with E-state index in [9.17, 15) is 74.0 Å². The number of anilines is 3. The summed E-state index contributed by atoms with van der Waals surface area (Å²) in [4.78, 5) is 120. The minimum atomic E-state index is -0.630. The Kier molecular flexibility index (Phi) is 42.6. The Bertz CT molecular complexity index is 6980. The minimum absolute atomic E-state index is 0. The van der Waals surface area contributed by atoms with Crippen molar-refractivity contribution in [2.24, 2.45) is 35.0 Å². The number of esters is 2. The van der Waals surface area contributed by atoms with Crippen LogP contribution < -0.4 is 55.1 Å². The maximum Gasteiger partial charge on any atom is 0.337 e. The van der Waals surface area contributed by atoms with Crippen molar-refractivity contribution < 1.29 is 86.6 Å². The highest BCUT2D eigenvalue weighted by atomic mass is 35.5. The number of aromatic nitrogens is 6. The van der Waals surface area contributed by atoms with Gasteiger partial charge in [0.15, 0.2) is 16.7 Å². The molecular formula is C106H117ClN20O22S. The van der Waals surface area contributed by atoms with E-state index in [1.54, 1.807) is 109 Å². The third kappa shape index (κ3) is 32.2. The van der Waals surface area contributed by atoms with Crippen LogP contribution in [0.2, 0.25) is 0 Å². The number of benzene rings is 8. The second-order valence-electron chi connectivity index (χ2n) is 35.3. The number of ether oxygens (including phenoxy) is 2. The summed E-state index contributed by atoms with van der Waals surface area (Å²) >= 11 is 10.2. The first-order valence-electron chi connectivity index (χ1n) is 46.9. The molecule has 2 fully saturated rings. The van der Waals surface area contributed by atoms with Gasteiger partial charge in [0, 0.05) is 86.0 Å². The quantitative estimate of drug-likeness (QED) is 0.00481. The highest BCUT2D eigenvalue weighted by Crippen LogP contribution is 2.39. The number of ketones is 2. The minimum Gasteiger partial charge on any atom is -0.481 e. The zero-order valence-corrected chi connectivity index (χ0v) is 84.5. The maximum atomic E-state index is 12.2. The number of amides is 1. The van der Waals surface area contributed by atoms with Gasteiger partial charge in [-0.3, -0.25) is 76.1 Å². The second kappa shape index (κ2) is 54.9. The number of fused-ring (bicyclic) bond motifs is 7. The van der Waals surface area contributed by atoms with Crippen LogP contribution in [0.25, 0.3) is 74.6 Å². The third-order valence-corrected chi connectivity index (χ3v) is 23.4. The molecule has 17 N–H and O–H groups in total. The Balaban J connectivity index is 0.000000190. The Morgan fingerprint density at radius 3 is 1.19 bits per heavy atom. The molecule has 1 amide bonds. The van der Waals surface area contributed by atoms with E-state index in [1.807, 2.05) is 122 Å². The lowest BCUT2D eigenvalue weighted by Crippen LogP contribution is -2.41. The van der Waals surface area contributed by atoms with Crippen LogP contribution >= 0.6 is 23.8 Å². The molecule has 3 aromatic heterocycles. The number of nitrogens with one attached hydrogen (secondary N) is 6. The number of carboxylic acid groups (broad SMARTS) is 1. The highest BCUT2D eigenvalue weighted by Gasteiger charge is 2.34. The molecule has 0 atom stereocenters. The number of carbonyl (C=O) groups excluding carboxylic acids is 6. The van der Waals surface area contributed by atoms with Crippen LogP contribution in [0.5, 0.6) is 0 Å². The zero-order valence-electron chi connectivity index (χ0n) is 83.0. The van der Waals surface area contributed by atoms with Gasteiger partial charge >= 0.3 is 36.0 Å². The number of nitrogens with zero attached hydrogens (tertiary/aromatic N) is 10. The number of rotatable bonds is 25. The normalized spacial score (nSPS) is 13.3. The van der Waals surface area contributed by atoms with Crippen molar-refractivity contribution in [2.45, 2.75) is 158 Å². The SMILES string of the molecule is C.CC(C)NC(=S)NCC(=O)c1ccc2c(c1)C([N+](=O)[O-])=CC2.CC(C)Nc1nnc(-c2ccc3c(c2)C(N)=CC3)o1.CC(C)Nc1nnc(-c2ccc3c(c2)C(NC(=O)C2CC2)=CC3)o1.CC(C)Nc1nnc(-c2ccc3c(c2)C([N+](=O)[O-])=CC3)o1.COC(=O)c1ccc2c(c1)C([N+](=O)[O-])=CC2.COC(=O)c1ccc2c(c1)C=CC2.NCC(=O)c1ccc2c(c1)C([N+](=O)[O-])=CC2.NN.O.O=C(Cl)c1ccccc1.O=C(O)C1CC1. The fourth-order valence-corrected chi connectivity index (χ4v) is 15.8. The van der Waals surface area contributed by atoms with Crippen molar-refractivity contribution in [1.29, 1.82) is 0 Å². The average Bonchev–Trinajstić information content (AvgIpc) is 1.57. The average molecular weight is 2090 g/mol. The van der Waals surface area contributed by atoms with Crippen molar-refractivity contribution in [1.82, 2.24) is 46.5 Å². The van der Waals surface area contributed by atoms with E-state index in [1.165, 1.54) is 37.0 Å². The molecule has 9 aliphatic rings. The van der Waals surface area contributed by atoms with Gasteiger partial charge in [0.1, 0.15) is 0 Å². The number of halogens is 1. The van der Waals surface area contributed by atoms with Crippen molar-refractivity contribution in [2.75, 3.05) is 43.3 Å². The van der Waals surface area contributed by atoms with E-state index in [4.69, 9.17) is 53.6 Å². The lowest BCUT2D eigenvalue weighted by molar-refractivity contribution is -0.375. The Labute approximate surface area is 872 Å². The summed E-state index contributed by atoms with van der Waals surface area (Å²) in [7, 11) is 2.67. The third-order valence-electron chi connectivity index (χ3n) is 22.9. The summed E-state index contributed by atoms with van der Waals surface area (Å²) in [6, 6.07) is 48.7. The molecule has 42 nitrogen and oxygen atoms in total. The van der Waals surface area contributed by atoms with Crippen LogP contribution in [0.4, 0.5) is 18.0 Å². The predicted octanol–water partition coefficient (Wildman–Crippen LogP) is 15.9. The molecule has 2 saturated carbocycles. The van der Waals surface area contributed by atoms with Gasteiger partial charge in [-0.15, -0.1) is 15.3 Å². The summed E-state index contributed by atoms with van der Waals surface area (Å²) in [5.41, 5.74) is 30.7. The van der Waals surface area contributed by atoms with Crippen LogP contribution in [0.15, 0.2) is 214 Å². The zero-order chi connectivity index (χ0) is 107. The van der Waals surface area contributed by atoms with Gasteiger partial charge in [0.2, 0.25) is 23.6 Å². The van der Waals surface area contributed by atoms with Crippen LogP contribution in [0, 0.1) is 52.3 Å². The highest BCUT2D eigenvalue weighted by molar-refractivity contribution is 7.80. The van der Waals surface area contributed by atoms with Gasteiger partial charge in [-0.05, 0) is 291 Å². The number of carboxylic acids is 1. The van der Waals surface area contributed by atoms with Gasteiger partial charge in [-0.2, -0.15) is 0 Å². The number of hydrogen-bond donors (Lipinski definition) is 11.